The summed E-state index contributed by atoms with van der Waals surface area (Å²) in [6.07, 6.45) is 50.7. The van der Waals surface area contributed by atoms with Crippen molar-refractivity contribution in [3.63, 3.8) is 0 Å². The summed E-state index contributed by atoms with van der Waals surface area (Å²) in [5.74, 6) is -0.265. The zero-order chi connectivity index (χ0) is 73.9. The van der Waals surface area contributed by atoms with E-state index >= 15 is 0 Å². The SMILES string of the molecule is CCCCCCCCCCCCCCCCCCCCCCCCCC/C=C/C(O)C(COC1OC(CO)C(OC2OC(CO)C(OC3OC(CO)C(O)C(O)C3O)C(O)C2O)C(O)C1O)NC(=O)CCCCCCCCCCCCCCCCCCCCCCCCCCCCCCCCC. The molecule has 0 aromatic carbocycles. The molecule has 0 aromatic rings. The number of allylic oxidation sites excluding steroid dienone is 1. The van der Waals surface area contributed by atoms with Crippen LogP contribution in [0.3, 0.4) is 0 Å². The second kappa shape index (κ2) is 64.4. The number of hydrogen-bond acceptors (Lipinski definition) is 18. The van der Waals surface area contributed by atoms with E-state index in [1.165, 1.54) is 308 Å². The van der Waals surface area contributed by atoms with Crippen LogP contribution in [0.1, 0.15) is 380 Å². The van der Waals surface area contributed by atoms with Crippen molar-refractivity contribution in [1.82, 2.24) is 5.32 Å². The summed E-state index contributed by atoms with van der Waals surface area (Å²) in [7, 11) is 0. The van der Waals surface area contributed by atoms with Gasteiger partial charge in [0.1, 0.15) is 73.2 Å². The number of rotatable bonds is 70. The van der Waals surface area contributed by atoms with Gasteiger partial charge in [-0.1, -0.05) is 366 Å². The van der Waals surface area contributed by atoms with Gasteiger partial charge < -0.3 is 89.9 Å². The summed E-state index contributed by atoms with van der Waals surface area (Å²) in [4.78, 5) is 13.5. The molecule has 604 valence electrons. The molecule has 12 N–H and O–H groups in total. The highest BCUT2D eigenvalue weighted by atomic mass is 16.8. The maximum atomic E-state index is 13.5. The number of nitrogens with one attached hydrogen (secondary N) is 1. The maximum Gasteiger partial charge on any atom is 0.220 e. The number of aliphatic hydroxyl groups is 11. The standard InChI is InChI=1S/C83H159NO18/c1-3-5-7-9-11-13-15-17-19-21-23-25-27-29-31-32-33-34-35-37-39-41-43-45-47-49-51-53-55-57-59-61-71(89)84-66(67(88)60-58-56-54-52-50-48-46-44-42-40-38-36-30-28-26-24-22-20-18-16-14-12-10-8-6-4-2)65-97-81-77(95)74(92)79(69(63-86)99-81)102-83-78(96)75(93)80(70(64-87)100-83)101-82-76(94)73(91)72(90)68(62-85)98-82/h58,60,66-70,72-83,85-88,90-96H,3-57,59,61-65H2,1-2H3,(H,84,89)/b60-58+. The third-order valence-electron chi connectivity index (χ3n) is 21.8. The first-order valence-electron chi connectivity index (χ1n) is 42.9. The molecule has 3 rings (SSSR count). The number of amides is 1. The zero-order valence-corrected chi connectivity index (χ0v) is 64.9. The summed E-state index contributed by atoms with van der Waals surface area (Å²) in [5.41, 5.74) is 0. The Morgan fingerprint density at radius 2 is 0.608 bits per heavy atom. The monoisotopic (exact) mass is 1460 g/mol. The summed E-state index contributed by atoms with van der Waals surface area (Å²) < 4.78 is 34.5. The van der Waals surface area contributed by atoms with E-state index in [9.17, 15) is 61.0 Å². The molecule has 1 amide bonds. The molecule has 3 fully saturated rings. The smallest absolute Gasteiger partial charge is 0.220 e. The van der Waals surface area contributed by atoms with Crippen LogP contribution in [0.2, 0.25) is 0 Å². The molecule has 19 heteroatoms. The van der Waals surface area contributed by atoms with Crippen molar-refractivity contribution in [2.75, 3.05) is 26.4 Å². The van der Waals surface area contributed by atoms with E-state index in [0.29, 0.717) is 6.42 Å². The van der Waals surface area contributed by atoms with Crippen molar-refractivity contribution < 1.29 is 89.4 Å². The van der Waals surface area contributed by atoms with Gasteiger partial charge in [-0.3, -0.25) is 4.79 Å². The summed E-state index contributed by atoms with van der Waals surface area (Å²) in [6.45, 7) is 1.81. The van der Waals surface area contributed by atoms with E-state index in [2.05, 4.69) is 19.2 Å². The normalized spacial score (nSPS) is 26.1. The van der Waals surface area contributed by atoms with Crippen molar-refractivity contribution in [2.24, 2.45) is 0 Å². The van der Waals surface area contributed by atoms with Gasteiger partial charge in [-0.05, 0) is 19.3 Å². The van der Waals surface area contributed by atoms with Crippen LogP contribution in [-0.4, -0.2) is 193 Å². The number of hydrogen-bond donors (Lipinski definition) is 12. The fourth-order valence-corrected chi connectivity index (χ4v) is 15.0. The molecule has 0 aromatic heterocycles. The molecule has 19 nitrogen and oxygen atoms in total. The Hall–Kier alpha value is -1.47. The highest BCUT2D eigenvalue weighted by Crippen LogP contribution is 2.34. The molecule has 17 unspecified atom stereocenters. The largest absolute Gasteiger partial charge is 0.394 e. The molecule has 0 saturated carbocycles. The Morgan fingerprint density at radius 3 is 0.922 bits per heavy atom. The van der Waals surface area contributed by atoms with Gasteiger partial charge in [0.15, 0.2) is 18.9 Å². The van der Waals surface area contributed by atoms with Crippen molar-refractivity contribution in [3.8, 4) is 0 Å². The van der Waals surface area contributed by atoms with E-state index in [1.54, 1.807) is 6.08 Å². The lowest BCUT2D eigenvalue weighted by molar-refractivity contribution is -0.379. The van der Waals surface area contributed by atoms with Gasteiger partial charge in [-0.15, -0.1) is 0 Å². The highest BCUT2D eigenvalue weighted by molar-refractivity contribution is 5.76. The number of aliphatic hydroxyl groups excluding tert-OH is 11. The summed E-state index contributed by atoms with van der Waals surface area (Å²) >= 11 is 0. The number of carbonyl (C=O) groups excluding carboxylic acids is 1. The first-order valence-corrected chi connectivity index (χ1v) is 42.9. The molecule has 3 heterocycles. The minimum atomic E-state index is -1.98. The van der Waals surface area contributed by atoms with Gasteiger partial charge in [0.25, 0.3) is 0 Å². The lowest BCUT2D eigenvalue weighted by Gasteiger charge is -2.48. The third kappa shape index (κ3) is 43.7. The Labute approximate surface area is 620 Å². The van der Waals surface area contributed by atoms with Crippen LogP contribution in [0, 0.1) is 0 Å². The molecule has 0 bridgehead atoms. The van der Waals surface area contributed by atoms with Gasteiger partial charge in [-0.2, -0.15) is 0 Å². The first-order chi connectivity index (χ1) is 49.8. The number of ether oxygens (including phenoxy) is 6. The van der Waals surface area contributed by atoms with Crippen LogP contribution in [0.25, 0.3) is 0 Å². The van der Waals surface area contributed by atoms with Crippen LogP contribution in [-0.2, 0) is 33.2 Å². The van der Waals surface area contributed by atoms with E-state index in [4.69, 9.17) is 28.4 Å². The van der Waals surface area contributed by atoms with E-state index in [1.807, 2.05) is 6.08 Å². The predicted molar refractivity (Wildman–Crippen MR) is 407 cm³/mol. The first kappa shape index (κ1) is 94.7. The van der Waals surface area contributed by atoms with Crippen molar-refractivity contribution in [2.45, 2.75) is 484 Å². The number of unbranched alkanes of at least 4 members (excludes halogenated alkanes) is 54. The molecule has 0 spiro atoms. The van der Waals surface area contributed by atoms with Crippen LogP contribution < -0.4 is 5.32 Å². The van der Waals surface area contributed by atoms with Gasteiger partial charge in [0.2, 0.25) is 5.91 Å². The van der Waals surface area contributed by atoms with Gasteiger partial charge in [0, 0.05) is 6.42 Å². The maximum absolute atomic E-state index is 13.5. The van der Waals surface area contributed by atoms with Gasteiger partial charge in [0.05, 0.1) is 38.6 Å². The van der Waals surface area contributed by atoms with Crippen molar-refractivity contribution in [1.29, 1.82) is 0 Å². The van der Waals surface area contributed by atoms with Crippen molar-refractivity contribution in [3.05, 3.63) is 12.2 Å². The average Bonchev–Trinajstić information content (AvgIpc) is 0.779. The number of carbonyl (C=O) groups is 1. The average molecular weight is 1460 g/mol. The third-order valence-corrected chi connectivity index (χ3v) is 21.8. The quantitative estimate of drug-likeness (QED) is 0.0199. The van der Waals surface area contributed by atoms with Crippen LogP contribution in [0.4, 0.5) is 0 Å². The second-order valence-corrected chi connectivity index (χ2v) is 31.0. The molecule has 0 aliphatic carbocycles. The lowest BCUT2D eigenvalue weighted by atomic mass is 9.96. The molecule has 102 heavy (non-hydrogen) atoms. The second-order valence-electron chi connectivity index (χ2n) is 31.0. The highest BCUT2D eigenvalue weighted by Gasteiger charge is 2.54. The minimum Gasteiger partial charge on any atom is -0.394 e. The lowest BCUT2D eigenvalue weighted by Crippen LogP contribution is -2.66. The Morgan fingerprint density at radius 1 is 0.343 bits per heavy atom. The summed E-state index contributed by atoms with van der Waals surface area (Å²) in [6, 6.07) is -0.971. The van der Waals surface area contributed by atoms with Crippen LogP contribution in [0.5, 0.6) is 0 Å². The fourth-order valence-electron chi connectivity index (χ4n) is 15.0. The Balaban J connectivity index is 1.35. The molecule has 17 atom stereocenters. The molecule has 3 saturated heterocycles. The zero-order valence-electron chi connectivity index (χ0n) is 64.9. The minimum absolute atomic E-state index is 0.250. The van der Waals surface area contributed by atoms with E-state index < -0.39 is 124 Å². The van der Waals surface area contributed by atoms with Crippen molar-refractivity contribution >= 4 is 5.91 Å². The Bertz CT molecular complexity index is 1890. The molecule has 0 radical (unpaired) electrons. The predicted octanol–water partition coefficient (Wildman–Crippen LogP) is 15.1. The van der Waals surface area contributed by atoms with E-state index in [-0.39, 0.29) is 18.9 Å². The van der Waals surface area contributed by atoms with Gasteiger partial charge >= 0.3 is 0 Å². The van der Waals surface area contributed by atoms with Crippen LogP contribution >= 0.6 is 0 Å². The molecular formula is C83H159NO18. The molecule has 3 aliphatic heterocycles. The topological polar surface area (TPSA) is 307 Å². The molecule has 3 aliphatic rings. The molecular weight excluding hydrogens is 1300 g/mol. The van der Waals surface area contributed by atoms with Crippen LogP contribution in [0.15, 0.2) is 12.2 Å². The Kier molecular flexibility index (Phi) is 59.8. The fraction of sp³-hybridized carbons (Fsp3) is 0.964. The van der Waals surface area contributed by atoms with E-state index in [0.717, 1.165) is 44.9 Å². The van der Waals surface area contributed by atoms with Gasteiger partial charge in [-0.25, -0.2) is 0 Å². The summed E-state index contributed by atoms with van der Waals surface area (Å²) in [5, 5.41) is 121.